The maximum atomic E-state index is 13.3. The van der Waals surface area contributed by atoms with Crippen LogP contribution in [0.3, 0.4) is 0 Å². The van der Waals surface area contributed by atoms with Crippen molar-refractivity contribution in [2.75, 3.05) is 0 Å². The van der Waals surface area contributed by atoms with Crippen LogP contribution in [0.15, 0.2) is 93.3 Å². The Balaban J connectivity index is 1.90. The highest BCUT2D eigenvalue weighted by atomic mass is 79.9. The third-order valence-electron chi connectivity index (χ3n) is 4.37. The molecule has 0 saturated heterocycles. The Hall–Kier alpha value is -2.37. The highest BCUT2D eigenvalue weighted by Gasteiger charge is 2.17. The lowest BCUT2D eigenvalue weighted by Crippen LogP contribution is -2.22. The lowest BCUT2D eigenvalue weighted by Gasteiger charge is -2.17. The van der Waals surface area contributed by atoms with Crippen molar-refractivity contribution >= 4 is 38.6 Å². The Bertz CT molecular complexity index is 1140. The molecule has 0 unspecified atom stereocenters. The monoisotopic (exact) mass is 436 g/mol. The SMILES string of the molecule is C[C@@H](Sc1nc2ccc(Br)cc2c(=O)n1-c1ccccc1)c1ccccc1. The fourth-order valence-electron chi connectivity index (χ4n) is 2.97. The lowest BCUT2D eigenvalue weighted by atomic mass is 10.2. The summed E-state index contributed by atoms with van der Waals surface area (Å²) in [4.78, 5) is 18.1. The molecule has 0 fully saturated rings. The zero-order valence-corrected chi connectivity index (χ0v) is 17.1. The van der Waals surface area contributed by atoms with Crippen molar-refractivity contribution in [2.24, 2.45) is 0 Å². The second-order valence-electron chi connectivity index (χ2n) is 6.20. The number of para-hydroxylation sites is 1. The van der Waals surface area contributed by atoms with E-state index in [4.69, 9.17) is 4.98 Å². The van der Waals surface area contributed by atoms with Crippen molar-refractivity contribution in [3.05, 3.63) is 99.3 Å². The molecule has 1 heterocycles. The van der Waals surface area contributed by atoms with E-state index in [0.717, 1.165) is 10.2 Å². The molecule has 0 amide bonds. The number of aromatic nitrogens is 2. The Morgan fingerprint density at radius 1 is 0.963 bits per heavy atom. The molecule has 0 aliphatic rings. The van der Waals surface area contributed by atoms with Gasteiger partial charge < -0.3 is 0 Å². The van der Waals surface area contributed by atoms with Gasteiger partial charge in [-0.3, -0.25) is 9.36 Å². The Morgan fingerprint density at radius 2 is 1.63 bits per heavy atom. The number of nitrogens with zero attached hydrogens (tertiary/aromatic N) is 2. The topological polar surface area (TPSA) is 34.9 Å². The van der Waals surface area contributed by atoms with Crippen molar-refractivity contribution in [3.63, 3.8) is 0 Å². The summed E-state index contributed by atoms with van der Waals surface area (Å²) in [5.74, 6) is 0. The number of hydrogen-bond donors (Lipinski definition) is 0. The average molecular weight is 437 g/mol. The van der Waals surface area contributed by atoms with E-state index in [1.807, 2.05) is 66.7 Å². The van der Waals surface area contributed by atoms with E-state index in [-0.39, 0.29) is 10.8 Å². The molecule has 0 N–H and O–H groups in total. The number of rotatable bonds is 4. The third kappa shape index (κ3) is 3.70. The van der Waals surface area contributed by atoms with E-state index >= 15 is 0 Å². The summed E-state index contributed by atoms with van der Waals surface area (Å²) in [7, 11) is 0. The van der Waals surface area contributed by atoms with Crippen LogP contribution < -0.4 is 5.56 Å². The van der Waals surface area contributed by atoms with Crippen LogP contribution in [-0.2, 0) is 0 Å². The summed E-state index contributed by atoms with van der Waals surface area (Å²) in [6, 6.07) is 25.6. The van der Waals surface area contributed by atoms with Gasteiger partial charge in [-0.05, 0) is 42.8 Å². The van der Waals surface area contributed by atoms with E-state index in [9.17, 15) is 4.79 Å². The molecule has 0 radical (unpaired) electrons. The predicted octanol–water partition coefficient (Wildman–Crippen LogP) is 6.00. The summed E-state index contributed by atoms with van der Waals surface area (Å²) < 4.78 is 2.57. The summed E-state index contributed by atoms with van der Waals surface area (Å²) in [6.45, 7) is 2.13. The number of benzene rings is 3. The van der Waals surface area contributed by atoms with Crippen molar-refractivity contribution in [3.8, 4) is 5.69 Å². The van der Waals surface area contributed by atoms with Gasteiger partial charge in [0, 0.05) is 9.72 Å². The van der Waals surface area contributed by atoms with Crippen LogP contribution in [0.5, 0.6) is 0 Å². The van der Waals surface area contributed by atoms with E-state index in [1.54, 1.807) is 16.3 Å². The molecular weight excluding hydrogens is 420 g/mol. The molecule has 0 aliphatic carbocycles. The van der Waals surface area contributed by atoms with Gasteiger partial charge in [0.25, 0.3) is 5.56 Å². The van der Waals surface area contributed by atoms with E-state index in [0.29, 0.717) is 16.1 Å². The fourth-order valence-corrected chi connectivity index (χ4v) is 4.39. The van der Waals surface area contributed by atoms with Gasteiger partial charge in [0.15, 0.2) is 5.16 Å². The van der Waals surface area contributed by atoms with Crippen LogP contribution in [0.2, 0.25) is 0 Å². The molecule has 0 bridgehead atoms. The number of thioether (sulfide) groups is 1. The third-order valence-corrected chi connectivity index (χ3v) is 5.97. The molecule has 134 valence electrons. The lowest BCUT2D eigenvalue weighted by molar-refractivity contribution is 0.815. The number of fused-ring (bicyclic) bond motifs is 1. The highest BCUT2D eigenvalue weighted by Crippen LogP contribution is 2.34. The fraction of sp³-hybridized carbons (Fsp3) is 0.0909. The number of halogens is 1. The smallest absolute Gasteiger partial charge is 0.266 e. The second kappa shape index (κ2) is 7.71. The first-order valence-electron chi connectivity index (χ1n) is 8.63. The van der Waals surface area contributed by atoms with Gasteiger partial charge in [-0.1, -0.05) is 76.2 Å². The van der Waals surface area contributed by atoms with Crippen LogP contribution in [0.25, 0.3) is 16.6 Å². The zero-order valence-electron chi connectivity index (χ0n) is 14.7. The summed E-state index contributed by atoms with van der Waals surface area (Å²) >= 11 is 5.05. The van der Waals surface area contributed by atoms with Crippen LogP contribution in [-0.4, -0.2) is 9.55 Å². The van der Waals surface area contributed by atoms with E-state index in [2.05, 4.69) is 35.0 Å². The van der Waals surface area contributed by atoms with Crippen molar-refractivity contribution in [1.29, 1.82) is 0 Å². The molecule has 0 aliphatic heterocycles. The van der Waals surface area contributed by atoms with Crippen LogP contribution in [0.1, 0.15) is 17.7 Å². The maximum Gasteiger partial charge on any atom is 0.266 e. The van der Waals surface area contributed by atoms with E-state index < -0.39 is 0 Å². The van der Waals surface area contributed by atoms with Gasteiger partial charge in [0.1, 0.15) is 0 Å². The minimum absolute atomic E-state index is 0.0599. The van der Waals surface area contributed by atoms with Gasteiger partial charge >= 0.3 is 0 Å². The molecular formula is C22H17BrN2OS. The summed E-state index contributed by atoms with van der Waals surface area (Å²) in [6.07, 6.45) is 0. The quantitative estimate of drug-likeness (QED) is 0.290. The first-order chi connectivity index (χ1) is 13.1. The average Bonchev–Trinajstić information content (AvgIpc) is 2.70. The zero-order chi connectivity index (χ0) is 18.8. The second-order valence-corrected chi connectivity index (χ2v) is 8.43. The minimum atomic E-state index is -0.0599. The summed E-state index contributed by atoms with van der Waals surface area (Å²) in [5, 5.41) is 1.46. The largest absolute Gasteiger partial charge is 0.268 e. The molecule has 5 heteroatoms. The normalized spacial score (nSPS) is 12.2. The van der Waals surface area contributed by atoms with Crippen LogP contribution in [0.4, 0.5) is 0 Å². The minimum Gasteiger partial charge on any atom is -0.268 e. The van der Waals surface area contributed by atoms with Gasteiger partial charge in [0.05, 0.1) is 16.6 Å². The molecule has 27 heavy (non-hydrogen) atoms. The van der Waals surface area contributed by atoms with Crippen LogP contribution in [0, 0.1) is 0 Å². The molecule has 3 nitrogen and oxygen atoms in total. The molecule has 4 rings (SSSR count). The molecule has 4 aromatic rings. The van der Waals surface area contributed by atoms with Crippen LogP contribution >= 0.6 is 27.7 Å². The molecule has 1 aromatic heterocycles. The van der Waals surface area contributed by atoms with Crippen molar-refractivity contribution in [2.45, 2.75) is 17.3 Å². The van der Waals surface area contributed by atoms with Gasteiger partial charge in [-0.2, -0.15) is 0 Å². The Labute approximate surface area is 170 Å². The first kappa shape index (κ1) is 18.0. The van der Waals surface area contributed by atoms with Gasteiger partial charge in [-0.25, -0.2) is 4.98 Å². The number of hydrogen-bond acceptors (Lipinski definition) is 3. The van der Waals surface area contributed by atoms with Gasteiger partial charge in [-0.15, -0.1) is 0 Å². The van der Waals surface area contributed by atoms with E-state index in [1.165, 1.54) is 5.56 Å². The first-order valence-corrected chi connectivity index (χ1v) is 10.3. The predicted molar refractivity (Wildman–Crippen MR) is 116 cm³/mol. The highest BCUT2D eigenvalue weighted by molar-refractivity contribution is 9.10. The molecule has 0 spiro atoms. The van der Waals surface area contributed by atoms with Crippen molar-refractivity contribution in [1.82, 2.24) is 9.55 Å². The van der Waals surface area contributed by atoms with Gasteiger partial charge in [0.2, 0.25) is 0 Å². The molecule has 0 saturated carbocycles. The molecule has 3 aromatic carbocycles. The summed E-state index contributed by atoms with van der Waals surface area (Å²) in [5.41, 5.74) is 2.67. The standard InChI is InChI=1S/C22H17BrN2OS/c1-15(16-8-4-2-5-9-16)27-22-24-20-13-12-17(23)14-19(20)21(26)25(22)18-10-6-3-7-11-18/h2-15H,1H3/t15-/m1/s1. The van der Waals surface area contributed by atoms with Crippen molar-refractivity contribution < 1.29 is 0 Å². The maximum absolute atomic E-state index is 13.3. The Morgan fingerprint density at radius 3 is 2.33 bits per heavy atom. The Kier molecular flexibility index (Phi) is 5.14. The molecule has 1 atom stereocenters.